The Labute approximate surface area is 112 Å². The van der Waals surface area contributed by atoms with Gasteiger partial charge < -0.3 is 20.9 Å². The summed E-state index contributed by atoms with van der Waals surface area (Å²) < 4.78 is 18.8. The van der Waals surface area contributed by atoms with Gasteiger partial charge in [-0.15, -0.1) is 0 Å². The number of anilines is 2. The van der Waals surface area contributed by atoms with Crippen molar-refractivity contribution in [2.75, 3.05) is 30.8 Å². The van der Waals surface area contributed by atoms with Gasteiger partial charge in [-0.1, -0.05) is 0 Å². The predicted octanol–water partition coefficient (Wildman–Crippen LogP) is 2.38. The molecule has 1 aromatic rings. The van der Waals surface area contributed by atoms with Crippen LogP contribution in [0.2, 0.25) is 0 Å². The third-order valence-corrected chi connectivity index (χ3v) is 3.66. The van der Waals surface area contributed by atoms with Crippen molar-refractivity contribution in [3.8, 4) is 5.75 Å². The fourth-order valence-electron chi connectivity index (χ4n) is 2.20. The Kier molecular flexibility index (Phi) is 4.14. The van der Waals surface area contributed by atoms with E-state index in [2.05, 4.69) is 5.32 Å². The zero-order valence-electron chi connectivity index (χ0n) is 11.2. The van der Waals surface area contributed by atoms with Gasteiger partial charge in [0.1, 0.15) is 0 Å². The summed E-state index contributed by atoms with van der Waals surface area (Å²) >= 11 is 0. The third kappa shape index (κ3) is 3.29. The minimum absolute atomic E-state index is 0.182. The van der Waals surface area contributed by atoms with Crippen molar-refractivity contribution in [2.24, 2.45) is 5.41 Å². The van der Waals surface area contributed by atoms with E-state index < -0.39 is 5.82 Å². The van der Waals surface area contributed by atoms with Gasteiger partial charge in [0, 0.05) is 25.3 Å². The van der Waals surface area contributed by atoms with Crippen LogP contribution in [0.15, 0.2) is 12.1 Å². The first-order valence-corrected chi connectivity index (χ1v) is 6.67. The molecule has 106 valence electrons. The molecule has 0 aromatic heterocycles. The molecule has 0 amide bonds. The molecular weight excluding hydrogens is 247 g/mol. The normalized spacial score (nSPS) is 16.2. The minimum atomic E-state index is -0.443. The number of halogens is 1. The molecule has 0 spiro atoms. The zero-order valence-corrected chi connectivity index (χ0v) is 11.2. The van der Waals surface area contributed by atoms with Gasteiger partial charge in [-0.2, -0.15) is 0 Å². The highest BCUT2D eigenvalue weighted by atomic mass is 19.1. The number of benzene rings is 1. The van der Waals surface area contributed by atoms with E-state index in [4.69, 9.17) is 15.6 Å². The standard InChI is InChI=1S/C14H21FN2O2/c1-2-19-13-8-12(11(16)7-10(13)15)17-9-14(3-4-14)5-6-18/h7-8,17-18H,2-6,9,16H2,1H3. The Bertz CT molecular complexity index is 447. The molecule has 4 N–H and O–H groups in total. The van der Waals surface area contributed by atoms with Crippen LogP contribution in [0.1, 0.15) is 26.2 Å². The van der Waals surface area contributed by atoms with E-state index in [1.165, 1.54) is 6.07 Å². The highest BCUT2D eigenvalue weighted by Gasteiger charge is 2.41. The molecule has 1 aliphatic carbocycles. The number of nitrogens with one attached hydrogen (secondary N) is 1. The Hall–Kier alpha value is -1.49. The van der Waals surface area contributed by atoms with Crippen LogP contribution in [-0.2, 0) is 0 Å². The van der Waals surface area contributed by atoms with Crippen molar-refractivity contribution in [3.05, 3.63) is 17.9 Å². The highest BCUT2D eigenvalue weighted by molar-refractivity contribution is 5.68. The maximum atomic E-state index is 13.6. The van der Waals surface area contributed by atoms with Crippen molar-refractivity contribution in [2.45, 2.75) is 26.2 Å². The summed E-state index contributed by atoms with van der Waals surface area (Å²) in [7, 11) is 0. The monoisotopic (exact) mass is 268 g/mol. The summed E-state index contributed by atoms with van der Waals surface area (Å²) in [5.74, 6) is -0.229. The van der Waals surface area contributed by atoms with Gasteiger partial charge in [-0.05, 0) is 31.6 Å². The second-order valence-corrected chi connectivity index (χ2v) is 5.13. The topological polar surface area (TPSA) is 67.5 Å². The first-order chi connectivity index (χ1) is 9.10. The zero-order chi connectivity index (χ0) is 13.9. The van der Waals surface area contributed by atoms with Gasteiger partial charge in [-0.3, -0.25) is 0 Å². The highest BCUT2D eigenvalue weighted by Crippen LogP contribution is 2.48. The maximum Gasteiger partial charge on any atom is 0.167 e. The second kappa shape index (κ2) is 5.65. The molecule has 2 rings (SSSR count). The van der Waals surface area contributed by atoms with Gasteiger partial charge in [0.25, 0.3) is 0 Å². The van der Waals surface area contributed by atoms with E-state index in [-0.39, 0.29) is 17.8 Å². The molecule has 19 heavy (non-hydrogen) atoms. The summed E-state index contributed by atoms with van der Waals surface area (Å²) in [4.78, 5) is 0. The quantitative estimate of drug-likeness (QED) is 0.664. The molecule has 0 unspecified atom stereocenters. The maximum absolute atomic E-state index is 13.6. The lowest BCUT2D eigenvalue weighted by Gasteiger charge is -2.17. The lowest BCUT2D eigenvalue weighted by Crippen LogP contribution is -2.17. The van der Waals surface area contributed by atoms with Gasteiger partial charge in [0.05, 0.1) is 18.0 Å². The van der Waals surface area contributed by atoms with Crippen LogP contribution in [-0.4, -0.2) is 24.9 Å². The molecule has 0 atom stereocenters. The number of nitrogen functional groups attached to an aromatic ring is 1. The second-order valence-electron chi connectivity index (χ2n) is 5.13. The van der Waals surface area contributed by atoms with E-state index in [1.807, 2.05) is 6.92 Å². The lowest BCUT2D eigenvalue weighted by atomic mass is 10.0. The molecule has 0 radical (unpaired) electrons. The molecule has 0 heterocycles. The van der Waals surface area contributed by atoms with Crippen LogP contribution in [0.4, 0.5) is 15.8 Å². The molecular formula is C14H21FN2O2. The largest absolute Gasteiger partial charge is 0.491 e. The van der Waals surface area contributed by atoms with Crippen LogP contribution in [0.25, 0.3) is 0 Å². The van der Waals surface area contributed by atoms with Crippen molar-refractivity contribution in [3.63, 3.8) is 0 Å². The van der Waals surface area contributed by atoms with Crippen LogP contribution >= 0.6 is 0 Å². The summed E-state index contributed by atoms with van der Waals surface area (Å²) in [6.07, 6.45) is 3.01. The smallest absolute Gasteiger partial charge is 0.167 e. The average molecular weight is 268 g/mol. The fraction of sp³-hybridized carbons (Fsp3) is 0.571. The van der Waals surface area contributed by atoms with Crippen LogP contribution in [0.5, 0.6) is 5.75 Å². The average Bonchev–Trinajstić information content (AvgIpc) is 3.12. The molecule has 1 fully saturated rings. The molecule has 1 aliphatic rings. The third-order valence-electron chi connectivity index (χ3n) is 3.66. The van der Waals surface area contributed by atoms with Gasteiger partial charge >= 0.3 is 0 Å². The van der Waals surface area contributed by atoms with Crippen molar-refractivity contribution in [1.29, 1.82) is 0 Å². The number of nitrogens with two attached hydrogens (primary N) is 1. The van der Waals surface area contributed by atoms with Gasteiger partial charge in [0.15, 0.2) is 11.6 Å². The number of rotatable bonds is 7. The van der Waals surface area contributed by atoms with Crippen LogP contribution in [0, 0.1) is 11.2 Å². The molecule has 0 bridgehead atoms. The minimum Gasteiger partial charge on any atom is -0.491 e. The van der Waals surface area contributed by atoms with E-state index in [0.29, 0.717) is 18.0 Å². The first kappa shape index (κ1) is 13.9. The fourth-order valence-corrected chi connectivity index (χ4v) is 2.20. The van der Waals surface area contributed by atoms with Crippen LogP contribution < -0.4 is 15.8 Å². The summed E-state index contributed by atoms with van der Waals surface area (Å²) in [6, 6.07) is 2.88. The molecule has 1 saturated carbocycles. The Morgan fingerprint density at radius 1 is 1.47 bits per heavy atom. The lowest BCUT2D eigenvalue weighted by molar-refractivity contribution is 0.253. The molecule has 4 nitrogen and oxygen atoms in total. The molecule has 1 aromatic carbocycles. The van der Waals surface area contributed by atoms with E-state index in [1.54, 1.807) is 6.07 Å². The van der Waals surface area contributed by atoms with Crippen LogP contribution in [0.3, 0.4) is 0 Å². The summed E-state index contributed by atoms with van der Waals surface area (Å²) in [6.45, 7) is 3.16. The first-order valence-electron chi connectivity index (χ1n) is 6.67. The van der Waals surface area contributed by atoms with Gasteiger partial charge in [-0.25, -0.2) is 4.39 Å². The molecule has 0 aliphatic heterocycles. The molecule has 0 saturated heterocycles. The summed E-state index contributed by atoms with van der Waals surface area (Å²) in [5, 5.41) is 12.3. The SMILES string of the molecule is CCOc1cc(NCC2(CCO)CC2)c(N)cc1F. The Balaban J connectivity index is 2.05. The predicted molar refractivity (Wildman–Crippen MR) is 73.8 cm³/mol. The Morgan fingerprint density at radius 2 is 2.21 bits per heavy atom. The molecule has 5 heteroatoms. The van der Waals surface area contributed by atoms with E-state index in [9.17, 15) is 4.39 Å². The van der Waals surface area contributed by atoms with E-state index in [0.717, 1.165) is 25.8 Å². The van der Waals surface area contributed by atoms with Gasteiger partial charge in [0.2, 0.25) is 0 Å². The summed E-state index contributed by atoms with van der Waals surface area (Å²) in [5.41, 5.74) is 7.05. The number of hydrogen-bond donors (Lipinski definition) is 3. The van der Waals surface area contributed by atoms with Crippen molar-refractivity contribution < 1.29 is 14.2 Å². The number of ether oxygens (including phenoxy) is 1. The number of aliphatic hydroxyl groups is 1. The Morgan fingerprint density at radius 3 is 2.79 bits per heavy atom. The van der Waals surface area contributed by atoms with Crippen molar-refractivity contribution >= 4 is 11.4 Å². The van der Waals surface area contributed by atoms with Crippen molar-refractivity contribution in [1.82, 2.24) is 0 Å². The number of aliphatic hydroxyl groups excluding tert-OH is 1. The van der Waals surface area contributed by atoms with E-state index >= 15 is 0 Å². The number of hydrogen-bond acceptors (Lipinski definition) is 4.